The van der Waals surface area contributed by atoms with Gasteiger partial charge in [-0.05, 0) is 29.3 Å². The van der Waals surface area contributed by atoms with Crippen LogP contribution in [-0.4, -0.2) is 5.91 Å². The Hall–Kier alpha value is -1.91. The molecular formula is C15H14ClFN2O. The van der Waals surface area contributed by atoms with Crippen molar-refractivity contribution in [2.45, 2.75) is 13.1 Å². The second-order valence-electron chi connectivity index (χ2n) is 4.33. The number of amides is 1. The van der Waals surface area contributed by atoms with E-state index < -0.39 is 5.82 Å². The normalized spacial score (nSPS) is 10.3. The molecule has 0 aromatic heterocycles. The molecule has 1 amide bonds. The lowest BCUT2D eigenvalue weighted by Crippen LogP contribution is -2.22. The number of carbonyl (C=O) groups excluding carboxylic acids is 1. The molecule has 0 aliphatic heterocycles. The Morgan fingerprint density at radius 1 is 1.15 bits per heavy atom. The predicted molar refractivity (Wildman–Crippen MR) is 76.9 cm³/mol. The van der Waals surface area contributed by atoms with Crippen molar-refractivity contribution < 1.29 is 9.18 Å². The smallest absolute Gasteiger partial charge is 0.251 e. The van der Waals surface area contributed by atoms with Crippen LogP contribution in [0.2, 0.25) is 5.02 Å². The Bertz CT molecular complexity index is 614. The van der Waals surface area contributed by atoms with E-state index in [2.05, 4.69) is 5.32 Å². The van der Waals surface area contributed by atoms with Crippen LogP contribution in [-0.2, 0) is 13.1 Å². The van der Waals surface area contributed by atoms with Gasteiger partial charge in [0.05, 0.1) is 5.02 Å². The Labute approximate surface area is 121 Å². The summed E-state index contributed by atoms with van der Waals surface area (Å²) in [5, 5.41) is 2.72. The van der Waals surface area contributed by atoms with E-state index in [9.17, 15) is 9.18 Å². The molecule has 20 heavy (non-hydrogen) atoms. The zero-order valence-electron chi connectivity index (χ0n) is 10.7. The first kappa shape index (κ1) is 14.5. The molecule has 0 saturated carbocycles. The Morgan fingerprint density at radius 2 is 1.80 bits per heavy atom. The minimum Gasteiger partial charge on any atom is -0.348 e. The molecule has 2 rings (SSSR count). The van der Waals surface area contributed by atoms with Crippen LogP contribution < -0.4 is 11.1 Å². The molecule has 0 aliphatic rings. The number of nitrogens with one attached hydrogen (secondary N) is 1. The summed E-state index contributed by atoms with van der Waals surface area (Å²) in [4.78, 5) is 11.9. The topological polar surface area (TPSA) is 55.1 Å². The van der Waals surface area contributed by atoms with Crippen LogP contribution in [0.15, 0.2) is 42.5 Å². The number of halogens is 2. The van der Waals surface area contributed by atoms with E-state index in [1.165, 1.54) is 12.1 Å². The van der Waals surface area contributed by atoms with Gasteiger partial charge in [-0.3, -0.25) is 4.79 Å². The van der Waals surface area contributed by atoms with Crippen molar-refractivity contribution in [3.8, 4) is 0 Å². The van der Waals surface area contributed by atoms with Gasteiger partial charge in [0.15, 0.2) is 0 Å². The van der Waals surface area contributed by atoms with Crippen LogP contribution in [0.5, 0.6) is 0 Å². The van der Waals surface area contributed by atoms with Crippen LogP contribution in [0.4, 0.5) is 4.39 Å². The highest BCUT2D eigenvalue weighted by Gasteiger charge is 2.08. The molecule has 3 N–H and O–H groups in total. The molecule has 5 heteroatoms. The molecule has 0 atom stereocenters. The molecule has 0 saturated heterocycles. The molecule has 104 valence electrons. The molecule has 0 heterocycles. The molecule has 0 fully saturated rings. The third-order valence-corrected chi connectivity index (χ3v) is 3.20. The first-order valence-electron chi connectivity index (χ1n) is 6.11. The minimum absolute atomic E-state index is 0.000997. The van der Waals surface area contributed by atoms with Gasteiger partial charge in [-0.15, -0.1) is 0 Å². The molecule has 3 nitrogen and oxygen atoms in total. The molecular weight excluding hydrogens is 279 g/mol. The summed E-state index contributed by atoms with van der Waals surface area (Å²) in [6.07, 6.45) is 0. The summed E-state index contributed by atoms with van der Waals surface area (Å²) in [6.45, 7) is 0.852. The molecule has 0 unspecified atom stereocenters. The van der Waals surface area contributed by atoms with Crippen molar-refractivity contribution in [2.24, 2.45) is 5.73 Å². The summed E-state index contributed by atoms with van der Waals surface area (Å²) in [5.74, 6) is -0.949. The van der Waals surface area contributed by atoms with Crippen molar-refractivity contribution >= 4 is 17.5 Å². The van der Waals surface area contributed by atoms with Crippen molar-refractivity contribution in [1.82, 2.24) is 5.32 Å². The highest BCUT2D eigenvalue weighted by molar-refractivity contribution is 6.30. The SMILES string of the molecule is NCc1ccc(CNC(=O)c2ccc(Cl)c(F)c2)cc1. The Kier molecular flexibility index (Phi) is 4.71. The Balaban J connectivity index is 1.98. The van der Waals surface area contributed by atoms with Crippen molar-refractivity contribution in [3.63, 3.8) is 0 Å². The number of nitrogens with two attached hydrogens (primary N) is 1. The maximum Gasteiger partial charge on any atom is 0.251 e. The minimum atomic E-state index is -0.605. The summed E-state index contributed by atoms with van der Waals surface area (Å²) < 4.78 is 13.3. The van der Waals surface area contributed by atoms with Crippen LogP contribution in [0.25, 0.3) is 0 Å². The van der Waals surface area contributed by atoms with Crippen molar-refractivity contribution in [1.29, 1.82) is 0 Å². The number of benzene rings is 2. The zero-order chi connectivity index (χ0) is 14.5. The third-order valence-electron chi connectivity index (χ3n) is 2.89. The average molecular weight is 293 g/mol. The number of carbonyl (C=O) groups is 1. The van der Waals surface area contributed by atoms with Gasteiger partial charge in [-0.25, -0.2) is 4.39 Å². The fraction of sp³-hybridized carbons (Fsp3) is 0.133. The third kappa shape index (κ3) is 3.56. The van der Waals surface area contributed by atoms with Crippen LogP contribution in [0.1, 0.15) is 21.5 Å². The van der Waals surface area contributed by atoms with Gasteiger partial charge in [0, 0.05) is 18.7 Å². The van der Waals surface area contributed by atoms with Crippen LogP contribution in [0.3, 0.4) is 0 Å². The second kappa shape index (κ2) is 6.50. The zero-order valence-corrected chi connectivity index (χ0v) is 11.5. The lowest BCUT2D eigenvalue weighted by atomic mass is 10.1. The lowest BCUT2D eigenvalue weighted by Gasteiger charge is -2.06. The number of rotatable bonds is 4. The van der Waals surface area contributed by atoms with Gasteiger partial charge in [0.1, 0.15) is 5.82 Å². The molecule has 0 bridgehead atoms. The predicted octanol–water partition coefficient (Wildman–Crippen LogP) is 2.87. The van der Waals surface area contributed by atoms with E-state index in [0.717, 1.165) is 17.2 Å². The highest BCUT2D eigenvalue weighted by atomic mass is 35.5. The van der Waals surface area contributed by atoms with Gasteiger partial charge in [0.2, 0.25) is 0 Å². The molecule has 0 radical (unpaired) electrons. The maximum atomic E-state index is 13.3. The molecule has 0 aliphatic carbocycles. The monoisotopic (exact) mass is 292 g/mol. The molecule has 2 aromatic carbocycles. The number of hydrogen-bond acceptors (Lipinski definition) is 2. The number of hydrogen-bond donors (Lipinski definition) is 2. The summed E-state index contributed by atoms with van der Waals surface area (Å²) >= 11 is 5.57. The maximum absolute atomic E-state index is 13.3. The highest BCUT2D eigenvalue weighted by Crippen LogP contribution is 2.15. The Morgan fingerprint density at radius 3 is 2.40 bits per heavy atom. The quantitative estimate of drug-likeness (QED) is 0.910. The van der Waals surface area contributed by atoms with E-state index in [1.807, 2.05) is 24.3 Å². The first-order valence-corrected chi connectivity index (χ1v) is 6.49. The second-order valence-corrected chi connectivity index (χ2v) is 4.74. The first-order chi connectivity index (χ1) is 9.60. The van der Waals surface area contributed by atoms with Gasteiger partial charge in [-0.1, -0.05) is 35.9 Å². The summed E-state index contributed by atoms with van der Waals surface area (Å²) in [7, 11) is 0. The van der Waals surface area contributed by atoms with Gasteiger partial charge < -0.3 is 11.1 Å². The fourth-order valence-corrected chi connectivity index (χ4v) is 1.83. The largest absolute Gasteiger partial charge is 0.348 e. The van der Waals surface area contributed by atoms with Crippen LogP contribution in [0, 0.1) is 5.82 Å². The standard InChI is InChI=1S/C15H14ClFN2O/c16-13-6-5-12(7-14(13)17)15(20)19-9-11-3-1-10(8-18)2-4-11/h1-7H,8-9,18H2,(H,19,20). The lowest BCUT2D eigenvalue weighted by molar-refractivity contribution is 0.0950. The van der Waals surface area contributed by atoms with E-state index in [0.29, 0.717) is 13.1 Å². The average Bonchev–Trinajstić information content (AvgIpc) is 2.48. The summed E-state index contributed by atoms with van der Waals surface area (Å²) in [5.41, 5.74) is 7.73. The van der Waals surface area contributed by atoms with Gasteiger partial charge in [0.25, 0.3) is 5.91 Å². The van der Waals surface area contributed by atoms with E-state index >= 15 is 0 Å². The van der Waals surface area contributed by atoms with Crippen LogP contribution >= 0.6 is 11.6 Å². The van der Waals surface area contributed by atoms with E-state index in [1.54, 1.807) is 0 Å². The van der Waals surface area contributed by atoms with Crippen molar-refractivity contribution in [2.75, 3.05) is 0 Å². The van der Waals surface area contributed by atoms with Gasteiger partial charge in [-0.2, -0.15) is 0 Å². The van der Waals surface area contributed by atoms with E-state index in [4.69, 9.17) is 17.3 Å². The molecule has 2 aromatic rings. The molecule has 0 spiro atoms. The summed E-state index contributed by atoms with van der Waals surface area (Å²) in [6, 6.07) is 11.6. The van der Waals surface area contributed by atoms with Crippen molar-refractivity contribution in [3.05, 3.63) is 70.0 Å². The van der Waals surface area contributed by atoms with Gasteiger partial charge >= 0.3 is 0 Å². The van der Waals surface area contributed by atoms with E-state index in [-0.39, 0.29) is 16.5 Å². The fourth-order valence-electron chi connectivity index (χ4n) is 1.71.